The van der Waals surface area contributed by atoms with E-state index in [-0.39, 0.29) is 10.8 Å². The third kappa shape index (κ3) is 7.40. The van der Waals surface area contributed by atoms with Crippen molar-refractivity contribution < 1.29 is 0 Å². The summed E-state index contributed by atoms with van der Waals surface area (Å²) in [6.07, 6.45) is 0. The number of hydrogen-bond donors (Lipinski definition) is 0. The van der Waals surface area contributed by atoms with Crippen LogP contribution in [0.25, 0.3) is 81.0 Å². The molecule has 0 fully saturated rings. The van der Waals surface area contributed by atoms with Crippen molar-refractivity contribution in [1.29, 1.82) is 0 Å². The lowest BCUT2D eigenvalue weighted by Crippen LogP contribution is -2.15. The maximum Gasteiger partial charge on any atom is 0.0547 e. The number of hydrogen-bond acceptors (Lipinski definition) is 2. The van der Waals surface area contributed by atoms with E-state index in [9.17, 15) is 0 Å². The van der Waals surface area contributed by atoms with E-state index >= 15 is 0 Å². The van der Waals surface area contributed by atoms with Gasteiger partial charge in [-0.05, 0) is 123 Å². The Morgan fingerprint density at radius 3 is 1.46 bits per heavy atom. The van der Waals surface area contributed by atoms with Crippen LogP contribution in [0.3, 0.4) is 0 Å². The fourth-order valence-electron chi connectivity index (χ4n) is 9.54. The smallest absolute Gasteiger partial charge is 0.0547 e. The zero-order chi connectivity index (χ0) is 44.5. The summed E-state index contributed by atoms with van der Waals surface area (Å²) in [5.74, 6) is 0. The molecule has 0 unspecified atom stereocenters. The summed E-state index contributed by atoms with van der Waals surface area (Å²) in [4.78, 5) is 2.41. The van der Waals surface area contributed by atoms with Gasteiger partial charge in [-0.15, -0.1) is 11.3 Å². The van der Waals surface area contributed by atoms with Gasteiger partial charge in [-0.3, -0.25) is 0 Å². The van der Waals surface area contributed by atoms with E-state index in [2.05, 4.69) is 257 Å². The number of anilines is 3. The molecule has 0 saturated heterocycles. The van der Waals surface area contributed by atoms with E-state index in [4.69, 9.17) is 0 Å². The van der Waals surface area contributed by atoms with Crippen LogP contribution in [-0.2, 0) is 10.8 Å². The van der Waals surface area contributed by atoms with E-state index in [0.29, 0.717) is 0 Å². The maximum atomic E-state index is 2.44. The molecule has 0 aliphatic heterocycles. The molecule has 2 nitrogen and oxygen atoms in total. The number of thiophene rings is 1. The number of nitrogens with zero attached hydrogens (tertiary/aromatic N) is 2. The van der Waals surface area contributed by atoms with Gasteiger partial charge in [-0.2, -0.15) is 0 Å². The Morgan fingerprint density at radius 2 is 0.846 bits per heavy atom. The van der Waals surface area contributed by atoms with Gasteiger partial charge in [0.05, 0.1) is 16.7 Å². The molecule has 0 amide bonds. The van der Waals surface area contributed by atoms with Crippen molar-refractivity contribution in [3.8, 4) is 39.1 Å². The molecule has 0 bridgehead atoms. The molecule has 0 atom stereocenters. The van der Waals surface area contributed by atoms with Crippen LogP contribution in [0.2, 0.25) is 0 Å². The zero-order valence-corrected chi connectivity index (χ0v) is 38.7. The quantitative estimate of drug-likeness (QED) is 0.155. The minimum Gasteiger partial charge on any atom is -0.310 e. The highest BCUT2D eigenvalue weighted by Gasteiger charge is 2.21. The molecule has 11 rings (SSSR count). The average molecular weight is 857 g/mol. The topological polar surface area (TPSA) is 8.17 Å². The molecule has 0 radical (unpaired) electrons. The summed E-state index contributed by atoms with van der Waals surface area (Å²) in [7, 11) is 0. The highest BCUT2D eigenvalue weighted by atomic mass is 32.1. The number of benzene rings is 9. The molecular weight excluding hydrogens is 805 g/mol. The lowest BCUT2D eigenvalue weighted by molar-refractivity contribution is 0.590. The van der Waals surface area contributed by atoms with E-state index in [1.165, 1.54) is 86.5 Å². The first-order chi connectivity index (χ1) is 31.5. The molecule has 0 spiro atoms. The monoisotopic (exact) mass is 856 g/mol. The minimum absolute atomic E-state index is 0.0693. The molecule has 2 heterocycles. The summed E-state index contributed by atoms with van der Waals surface area (Å²) < 4.78 is 5.10. The van der Waals surface area contributed by atoms with Crippen LogP contribution in [0.1, 0.15) is 52.7 Å². The number of aromatic nitrogens is 1. The van der Waals surface area contributed by atoms with Crippen LogP contribution in [0.15, 0.2) is 206 Å². The predicted octanol–water partition coefficient (Wildman–Crippen LogP) is 18.2. The third-order valence-electron chi connectivity index (χ3n) is 13.1. The van der Waals surface area contributed by atoms with Gasteiger partial charge in [-0.1, -0.05) is 175 Å². The van der Waals surface area contributed by atoms with Gasteiger partial charge >= 0.3 is 0 Å². The molecule has 9 aromatic carbocycles. The van der Waals surface area contributed by atoms with Crippen LogP contribution < -0.4 is 4.90 Å². The van der Waals surface area contributed by atoms with Crippen molar-refractivity contribution in [2.45, 2.75) is 52.4 Å². The molecular formula is C62H52N2S. The maximum absolute atomic E-state index is 2.44. The Kier molecular flexibility index (Phi) is 9.86. The van der Waals surface area contributed by atoms with Crippen LogP contribution in [0.5, 0.6) is 0 Å². The summed E-state index contributed by atoms with van der Waals surface area (Å²) >= 11 is 1.87. The normalized spacial score (nSPS) is 12.2. The fraction of sp³-hybridized carbons (Fsp3) is 0.129. The van der Waals surface area contributed by atoms with Crippen molar-refractivity contribution in [2.24, 2.45) is 0 Å². The molecule has 0 N–H and O–H groups in total. The first kappa shape index (κ1) is 40.6. The second kappa shape index (κ2) is 15.8. The van der Waals surface area contributed by atoms with Crippen LogP contribution in [-0.4, -0.2) is 4.57 Å². The summed E-state index contributed by atoms with van der Waals surface area (Å²) in [5, 5.41) is 5.14. The predicted molar refractivity (Wildman–Crippen MR) is 282 cm³/mol. The Bertz CT molecular complexity index is 3460. The van der Waals surface area contributed by atoms with Gasteiger partial charge in [0, 0.05) is 53.6 Å². The third-order valence-corrected chi connectivity index (χ3v) is 14.3. The second-order valence-corrected chi connectivity index (χ2v) is 20.6. The minimum atomic E-state index is 0.0693. The summed E-state index contributed by atoms with van der Waals surface area (Å²) in [6, 6.07) is 76.6. The van der Waals surface area contributed by atoms with Crippen LogP contribution >= 0.6 is 11.3 Å². The number of para-hydroxylation sites is 2. The fourth-order valence-corrected chi connectivity index (χ4v) is 10.6. The first-order valence-electron chi connectivity index (χ1n) is 22.7. The second-order valence-electron chi connectivity index (χ2n) is 19.5. The first-order valence-corrected chi connectivity index (χ1v) is 23.6. The Balaban J connectivity index is 0.987. The molecule has 2 aromatic heterocycles. The van der Waals surface area contributed by atoms with Gasteiger partial charge in [0.2, 0.25) is 0 Å². The zero-order valence-electron chi connectivity index (χ0n) is 37.9. The van der Waals surface area contributed by atoms with E-state index in [0.717, 1.165) is 22.7 Å². The average Bonchev–Trinajstić information content (AvgIpc) is 3.86. The molecule has 0 aliphatic rings. The molecule has 0 saturated carbocycles. The van der Waals surface area contributed by atoms with E-state index in [1.807, 2.05) is 11.3 Å². The standard InChI is InChI=1S/C62H52N2S/c1-61(2,3)46-27-31-49(32-28-46)63(50-33-29-47(30-34-50)62(4,5)6)56-18-12-10-16-51(56)42-22-20-41(21-23-42)44-24-35-52-53-36-25-45(40-58(53)64(57(52)39-44)48-14-8-7-9-15-48)43-26-37-60-55(38-43)54-17-11-13-19-59(54)65-60/h7-40H,1-6H3. The van der Waals surface area contributed by atoms with Crippen LogP contribution in [0.4, 0.5) is 17.1 Å². The molecule has 3 heteroatoms. The Labute approximate surface area is 386 Å². The van der Waals surface area contributed by atoms with Crippen molar-refractivity contribution in [3.05, 3.63) is 217 Å². The highest BCUT2D eigenvalue weighted by Crippen LogP contribution is 2.44. The van der Waals surface area contributed by atoms with Gasteiger partial charge in [0.25, 0.3) is 0 Å². The van der Waals surface area contributed by atoms with Crippen molar-refractivity contribution in [3.63, 3.8) is 0 Å². The summed E-state index contributed by atoms with van der Waals surface area (Å²) in [5.41, 5.74) is 16.9. The molecule has 65 heavy (non-hydrogen) atoms. The Hall–Kier alpha value is -7.20. The lowest BCUT2D eigenvalue weighted by Gasteiger charge is -2.29. The number of rotatable bonds is 7. The largest absolute Gasteiger partial charge is 0.310 e. The molecule has 11 aromatic rings. The van der Waals surface area contributed by atoms with Gasteiger partial charge in [0.1, 0.15) is 0 Å². The van der Waals surface area contributed by atoms with E-state index < -0.39 is 0 Å². The highest BCUT2D eigenvalue weighted by molar-refractivity contribution is 7.25. The van der Waals surface area contributed by atoms with Crippen molar-refractivity contribution in [1.82, 2.24) is 4.57 Å². The number of fused-ring (bicyclic) bond motifs is 6. The van der Waals surface area contributed by atoms with Gasteiger partial charge in [0.15, 0.2) is 0 Å². The van der Waals surface area contributed by atoms with Gasteiger partial charge < -0.3 is 9.47 Å². The molecule has 316 valence electrons. The van der Waals surface area contributed by atoms with Gasteiger partial charge in [-0.25, -0.2) is 0 Å². The SMILES string of the molecule is CC(C)(C)c1ccc(N(c2ccc(C(C)(C)C)cc2)c2ccccc2-c2ccc(-c3ccc4c5ccc(-c6ccc7sc8ccccc8c7c6)cc5n(-c5ccccc5)c4c3)cc2)cc1. The Morgan fingerprint density at radius 1 is 0.369 bits per heavy atom. The molecule has 0 aliphatic carbocycles. The van der Waals surface area contributed by atoms with E-state index in [1.54, 1.807) is 0 Å². The van der Waals surface area contributed by atoms with Crippen molar-refractivity contribution in [2.75, 3.05) is 4.90 Å². The van der Waals surface area contributed by atoms with Crippen molar-refractivity contribution >= 4 is 70.4 Å². The van der Waals surface area contributed by atoms with Crippen LogP contribution in [0, 0.1) is 0 Å². The summed E-state index contributed by atoms with van der Waals surface area (Å²) in [6.45, 7) is 13.6. The lowest BCUT2D eigenvalue weighted by atomic mass is 9.86.